The van der Waals surface area contributed by atoms with Crippen molar-refractivity contribution in [3.8, 4) is 0 Å². The Labute approximate surface area is 137 Å². The van der Waals surface area contributed by atoms with Crippen LogP contribution in [-0.2, 0) is 21.1 Å². The number of hydrogen-bond acceptors (Lipinski definition) is 3. The predicted octanol–water partition coefficient (Wildman–Crippen LogP) is 2.43. The van der Waals surface area contributed by atoms with Gasteiger partial charge in [-0.2, -0.15) is 0 Å². The fraction of sp³-hybridized carbons (Fsp3) is 0.588. The topological polar surface area (TPSA) is 54.5 Å². The van der Waals surface area contributed by atoms with Gasteiger partial charge in [-0.15, -0.1) is 0 Å². The standard InChI is InChI=1S/C17H24FNO3S/c1-13(2)23(21,22)12-14-6-8-19(9-7-14)17(20)11-15-4-3-5-16(18)10-15/h3-5,10,13-14H,6-9,11-12H2,1-2H3. The fourth-order valence-corrected chi connectivity index (χ4v) is 4.18. The van der Waals surface area contributed by atoms with E-state index >= 15 is 0 Å². The Morgan fingerprint density at radius 2 is 1.96 bits per heavy atom. The van der Waals surface area contributed by atoms with Crippen LogP contribution in [0.4, 0.5) is 4.39 Å². The van der Waals surface area contributed by atoms with E-state index in [1.807, 2.05) is 0 Å². The smallest absolute Gasteiger partial charge is 0.226 e. The summed E-state index contributed by atoms with van der Waals surface area (Å²) in [6.45, 7) is 4.55. The summed E-state index contributed by atoms with van der Waals surface area (Å²) in [5.41, 5.74) is 0.666. The molecule has 0 aliphatic carbocycles. The normalized spacial score (nSPS) is 16.8. The number of carbonyl (C=O) groups is 1. The number of hydrogen-bond donors (Lipinski definition) is 0. The molecule has 1 saturated heterocycles. The van der Waals surface area contributed by atoms with Crippen molar-refractivity contribution in [2.24, 2.45) is 5.92 Å². The molecule has 0 atom stereocenters. The highest BCUT2D eigenvalue weighted by atomic mass is 32.2. The van der Waals surface area contributed by atoms with Crippen molar-refractivity contribution in [3.63, 3.8) is 0 Å². The first-order chi connectivity index (χ1) is 10.8. The molecule has 1 aliphatic heterocycles. The summed E-state index contributed by atoms with van der Waals surface area (Å²) < 4.78 is 37.1. The highest BCUT2D eigenvalue weighted by Gasteiger charge is 2.27. The molecule has 0 aromatic heterocycles. The number of piperidine rings is 1. The lowest BCUT2D eigenvalue weighted by Crippen LogP contribution is -2.41. The van der Waals surface area contributed by atoms with Gasteiger partial charge in [0.05, 0.1) is 17.4 Å². The Kier molecular flexibility index (Phi) is 5.79. The van der Waals surface area contributed by atoms with Gasteiger partial charge in [0.2, 0.25) is 5.91 Å². The summed E-state index contributed by atoms with van der Waals surface area (Å²) in [7, 11) is -3.03. The third-order valence-electron chi connectivity index (χ3n) is 4.40. The Morgan fingerprint density at radius 3 is 2.52 bits per heavy atom. The molecule has 0 spiro atoms. The lowest BCUT2D eigenvalue weighted by molar-refractivity contribution is -0.131. The minimum Gasteiger partial charge on any atom is -0.342 e. The molecule has 4 nitrogen and oxygen atoms in total. The number of carbonyl (C=O) groups excluding carboxylic acids is 1. The van der Waals surface area contributed by atoms with E-state index < -0.39 is 9.84 Å². The van der Waals surface area contributed by atoms with Gasteiger partial charge < -0.3 is 4.90 Å². The van der Waals surface area contributed by atoms with Crippen LogP contribution in [0.15, 0.2) is 24.3 Å². The molecule has 1 aliphatic rings. The summed E-state index contributed by atoms with van der Waals surface area (Å²) in [5.74, 6) is -0.0364. The minimum absolute atomic E-state index is 0.0271. The maximum absolute atomic E-state index is 13.2. The van der Waals surface area contributed by atoms with E-state index in [1.54, 1.807) is 30.9 Å². The number of rotatable bonds is 5. The van der Waals surface area contributed by atoms with Crippen molar-refractivity contribution in [3.05, 3.63) is 35.6 Å². The van der Waals surface area contributed by atoms with E-state index in [-0.39, 0.29) is 35.1 Å². The van der Waals surface area contributed by atoms with Gasteiger partial charge in [0.25, 0.3) is 0 Å². The number of likely N-dealkylation sites (tertiary alicyclic amines) is 1. The van der Waals surface area contributed by atoms with E-state index in [0.29, 0.717) is 31.5 Å². The predicted molar refractivity (Wildman–Crippen MR) is 88.3 cm³/mol. The molecule has 1 fully saturated rings. The van der Waals surface area contributed by atoms with Crippen LogP contribution in [0.3, 0.4) is 0 Å². The highest BCUT2D eigenvalue weighted by Crippen LogP contribution is 2.21. The SMILES string of the molecule is CC(C)S(=O)(=O)CC1CCN(C(=O)Cc2cccc(F)c2)CC1. The lowest BCUT2D eigenvalue weighted by Gasteiger charge is -2.32. The van der Waals surface area contributed by atoms with Crippen molar-refractivity contribution in [1.29, 1.82) is 0 Å². The van der Waals surface area contributed by atoms with Gasteiger partial charge in [0.1, 0.15) is 5.82 Å². The van der Waals surface area contributed by atoms with Gasteiger partial charge in [0, 0.05) is 13.1 Å². The van der Waals surface area contributed by atoms with Crippen LogP contribution in [0, 0.1) is 11.7 Å². The largest absolute Gasteiger partial charge is 0.342 e. The molecular weight excluding hydrogens is 317 g/mol. The number of halogens is 1. The number of nitrogens with zero attached hydrogens (tertiary/aromatic N) is 1. The van der Waals surface area contributed by atoms with Gasteiger partial charge in [-0.25, -0.2) is 12.8 Å². The van der Waals surface area contributed by atoms with Gasteiger partial charge >= 0.3 is 0 Å². The molecule has 0 N–H and O–H groups in total. The van der Waals surface area contributed by atoms with E-state index in [0.717, 1.165) is 0 Å². The molecule has 1 aromatic rings. The summed E-state index contributed by atoms with van der Waals surface area (Å²) in [4.78, 5) is 14.0. The average molecular weight is 341 g/mol. The average Bonchev–Trinajstić information content (AvgIpc) is 2.47. The molecule has 1 aromatic carbocycles. The third-order valence-corrected chi connectivity index (χ3v) is 6.77. The van der Waals surface area contributed by atoms with Crippen LogP contribution < -0.4 is 0 Å². The van der Waals surface area contributed by atoms with E-state index in [4.69, 9.17) is 0 Å². The lowest BCUT2D eigenvalue weighted by atomic mass is 9.98. The first-order valence-corrected chi connectivity index (χ1v) is 9.73. The molecule has 0 radical (unpaired) electrons. The molecular formula is C17H24FNO3S. The Balaban J connectivity index is 1.85. The Hall–Kier alpha value is -1.43. The van der Waals surface area contributed by atoms with E-state index in [9.17, 15) is 17.6 Å². The zero-order valence-electron chi connectivity index (χ0n) is 13.7. The molecule has 0 bridgehead atoms. The maximum Gasteiger partial charge on any atom is 0.226 e. The maximum atomic E-state index is 13.2. The molecule has 23 heavy (non-hydrogen) atoms. The van der Waals surface area contributed by atoms with Crippen molar-refractivity contribution < 1.29 is 17.6 Å². The molecule has 2 rings (SSSR count). The van der Waals surface area contributed by atoms with Crippen LogP contribution in [0.5, 0.6) is 0 Å². The van der Waals surface area contributed by atoms with E-state index in [2.05, 4.69) is 0 Å². The quantitative estimate of drug-likeness (QED) is 0.826. The van der Waals surface area contributed by atoms with E-state index in [1.165, 1.54) is 12.1 Å². The second-order valence-electron chi connectivity index (χ2n) is 6.51. The number of amides is 1. The molecule has 6 heteroatoms. The second-order valence-corrected chi connectivity index (χ2v) is 9.11. The van der Waals surface area contributed by atoms with Crippen LogP contribution in [0.2, 0.25) is 0 Å². The molecule has 128 valence electrons. The van der Waals surface area contributed by atoms with Crippen molar-refractivity contribution in [1.82, 2.24) is 4.90 Å². The minimum atomic E-state index is -3.03. The monoisotopic (exact) mass is 341 g/mol. The summed E-state index contributed by atoms with van der Waals surface area (Å²) in [5, 5.41) is -0.352. The summed E-state index contributed by atoms with van der Waals surface area (Å²) in [6, 6.07) is 6.07. The second kappa shape index (κ2) is 7.43. The van der Waals surface area contributed by atoms with Gasteiger partial charge in [-0.3, -0.25) is 4.79 Å². The Bertz CT molecular complexity index is 650. The number of sulfone groups is 1. The zero-order chi connectivity index (χ0) is 17.0. The van der Waals surface area contributed by atoms with Crippen LogP contribution in [0.1, 0.15) is 32.3 Å². The van der Waals surface area contributed by atoms with Gasteiger partial charge in [0.15, 0.2) is 9.84 Å². The highest BCUT2D eigenvalue weighted by molar-refractivity contribution is 7.91. The molecule has 1 heterocycles. The van der Waals surface area contributed by atoms with Crippen LogP contribution in [-0.4, -0.2) is 43.3 Å². The molecule has 0 saturated carbocycles. The van der Waals surface area contributed by atoms with Gasteiger partial charge in [-0.1, -0.05) is 12.1 Å². The fourth-order valence-electron chi connectivity index (χ4n) is 2.80. The third kappa shape index (κ3) is 5.03. The van der Waals surface area contributed by atoms with Crippen molar-refractivity contribution in [2.45, 2.75) is 38.4 Å². The molecule has 1 amide bonds. The number of benzene rings is 1. The molecule has 0 unspecified atom stereocenters. The van der Waals surface area contributed by atoms with Crippen molar-refractivity contribution in [2.75, 3.05) is 18.8 Å². The first kappa shape index (κ1) is 17.9. The van der Waals surface area contributed by atoms with Crippen LogP contribution >= 0.6 is 0 Å². The summed E-state index contributed by atoms with van der Waals surface area (Å²) >= 11 is 0. The van der Waals surface area contributed by atoms with Gasteiger partial charge in [-0.05, 0) is 50.3 Å². The van der Waals surface area contributed by atoms with Crippen molar-refractivity contribution >= 4 is 15.7 Å². The van der Waals surface area contributed by atoms with Crippen LogP contribution in [0.25, 0.3) is 0 Å². The Morgan fingerprint density at radius 1 is 1.30 bits per heavy atom. The summed E-state index contributed by atoms with van der Waals surface area (Å²) in [6.07, 6.45) is 1.61. The first-order valence-electron chi connectivity index (χ1n) is 8.01. The zero-order valence-corrected chi connectivity index (χ0v) is 14.5.